The maximum absolute atomic E-state index is 13.0. The maximum atomic E-state index is 13.0. The third kappa shape index (κ3) is 3.66. The van der Waals surface area contributed by atoms with Crippen LogP contribution < -0.4 is 11.4 Å². The van der Waals surface area contributed by atoms with Crippen LogP contribution in [0.2, 0.25) is 0 Å². The van der Waals surface area contributed by atoms with Gasteiger partial charge in [0.25, 0.3) is 11.5 Å². The smallest absolute Gasteiger partial charge is 0.275 e. The van der Waals surface area contributed by atoms with Crippen molar-refractivity contribution in [3.05, 3.63) is 107 Å². The first kappa shape index (κ1) is 18.3. The van der Waals surface area contributed by atoms with E-state index in [0.29, 0.717) is 5.69 Å². The zero-order valence-electron chi connectivity index (χ0n) is 15.2. The van der Waals surface area contributed by atoms with E-state index >= 15 is 0 Å². The zero-order valence-corrected chi connectivity index (χ0v) is 15.2. The van der Waals surface area contributed by atoms with E-state index in [0.717, 1.165) is 10.6 Å². The van der Waals surface area contributed by atoms with Gasteiger partial charge in [-0.3, -0.25) is 24.6 Å². The summed E-state index contributed by atoms with van der Waals surface area (Å²) in [6, 6.07) is 15.6. The standard InChI is InChI=1S/C20H17N7O2/c21-27(17(14-7-2-1-3-8-14)16-9-4-5-10-22-16)19(29)15-13-23-20(25-18(15)28)26-12-6-11-24-26/h1-13,17H,21H2,(H,23,25,28). The van der Waals surface area contributed by atoms with E-state index in [9.17, 15) is 9.59 Å². The Morgan fingerprint density at radius 1 is 1.03 bits per heavy atom. The third-order valence-electron chi connectivity index (χ3n) is 4.33. The minimum Gasteiger partial charge on any atom is -0.290 e. The van der Waals surface area contributed by atoms with Crippen LogP contribution in [-0.2, 0) is 0 Å². The molecule has 9 nitrogen and oxygen atoms in total. The first-order valence-electron chi connectivity index (χ1n) is 8.78. The summed E-state index contributed by atoms with van der Waals surface area (Å²) in [7, 11) is 0. The lowest BCUT2D eigenvalue weighted by Crippen LogP contribution is -2.43. The van der Waals surface area contributed by atoms with Crippen molar-refractivity contribution in [1.29, 1.82) is 0 Å². The molecule has 9 heteroatoms. The van der Waals surface area contributed by atoms with Crippen LogP contribution in [0.25, 0.3) is 5.95 Å². The molecular weight excluding hydrogens is 370 g/mol. The van der Waals surface area contributed by atoms with Crippen LogP contribution in [0.3, 0.4) is 0 Å². The van der Waals surface area contributed by atoms with Gasteiger partial charge >= 0.3 is 0 Å². The molecule has 3 N–H and O–H groups in total. The van der Waals surface area contributed by atoms with Crippen molar-refractivity contribution >= 4 is 5.91 Å². The number of nitrogens with one attached hydrogen (secondary N) is 1. The number of hydrazine groups is 1. The van der Waals surface area contributed by atoms with Gasteiger partial charge in [-0.1, -0.05) is 36.4 Å². The normalized spacial score (nSPS) is 11.8. The van der Waals surface area contributed by atoms with E-state index in [1.807, 2.05) is 36.4 Å². The number of carbonyl (C=O) groups excluding carboxylic acids is 1. The molecule has 1 amide bonds. The Bertz CT molecular complexity index is 1120. The predicted molar refractivity (Wildman–Crippen MR) is 105 cm³/mol. The van der Waals surface area contributed by atoms with Gasteiger partial charge in [0.2, 0.25) is 5.95 Å². The van der Waals surface area contributed by atoms with E-state index in [-0.39, 0.29) is 11.5 Å². The third-order valence-corrected chi connectivity index (χ3v) is 4.33. The summed E-state index contributed by atoms with van der Waals surface area (Å²) in [6.07, 6.45) is 5.99. The van der Waals surface area contributed by atoms with E-state index < -0.39 is 17.5 Å². The van der Waals surface area contributed by atoms with Crippen molar-refractivity contribution in [3.63, 3.8) is 0 Å². The highest BCUT2D eigenvalue weighted by Crippen LogP contribution is 2.25. The second-order valence-electron chi connectivity index (χ2n) is 6.18. The van der Waals surface area contributed by atoms with Crippen molar-refractivity contribution in [2.75, 3.05) is 0 Å². The molecule has 1 unspecified atom stereocenters. The summed E-state index contributed by atoms with van der Waals surface area (Å²) in [5.41, 5.74) is 0.547. The number of aromatic nitrogens is 5. The number of rotatable bonds is 5. The fraction of sp³-hybridized carbons (Fsp3) is 0.0500. The second kappa shape index (κ2) is 7.87. The Morgan fingerprint density at radius 2 is 1.83 bits per heavy atom. The summed E-state index contributed by atoms with van der Waals surface area (Å²) in [5, 5.41) is 5.00. The summed E-state index contributed by atoms with van der Waals surface area (Å²) in [5.74, 6) is 5.73. The van der Waals surface area contributed by atoms with Crippen LogP contribution in [-0.4, -0.2) is 35.6 Å². The predicted octanol–water partition coefficient (Wildman–Crippen LogP) is 1.46. The van der Waals surface area contributed by atoms with Crippen LogP contribution in [0.5, 0.6) is 0 Å². The lowest BCUT2D eigenvalue weighted by molar-refractivity contribution is 0.0700. The summed E-state index contributed by atoms with van der Waals surface area (Å²) in [6.45, 7) is 0. The molecule has 1 atom stereocenters. The first-order valence-corrected chi connectivity index (χ1v) is 8.78. The average molecular weight is 387 g/mol. The fourth-order valence-electron chi connectivity index (χ4n) is 2.95. The van der Waals surface area contributed by atoms with Gasteiger partial charge in [-0.05, 0) is 23.8 Å². The number of amides is 1. The molecule has 0 saturated heterocycles. The molecule has 0 spiro atoms. The Hall–Kier alpha value is -4.11. The molecule has 29 heavy (non-hydrogen) atoms. The minimum absolute atomic E-state index is 0.180. The number of benzene rings is 1. The molecule has 0 aliphatic heterocycles. The molecule has 4 aromatic rings. The van der Waals surface area contributed by atoms with E-state index in [1.165, 1.54) is 10.9 Å². The molecule has 3 aromatic heterocycles. The summed E-state index contributed by atoms with van der Waals surface area (Å²) >= 11 is 0. The van der Waals surface area contributed by atoms with E-state index in [1.54, 1.807) is 36.8 Å². The highest BCUT2D eigenvalue weighted by atomic mass is 16.2. The second-order valence-corrected chi connectivity index (χ2v) is 6.18. The van der Waals surface area contributed by atoms with Crippen LogP contribution in [0, 0.1) is 0 Å². The Balaban J connectivity index is 1.70. The largest absolute Gasteiger partial charge is 0.290 e. The monoisotopic (exact) mass is 387 g/mol. The topological polar surface area (TPSA) is 123 Å². The van der Waals surface area contributed by atoms with Crippen LogP contribution >= 0.6 is 0 Å². The SMILES string of the molecule is NN(C(=O)c1cnc(-n2cccn2)[nH]c1=O)C(c1ccccc1)c1ccccn1. The Labute approximate surface area is 165 Å². The molecule has 0 radical (unpaired) electrons. The van der Waals surface area contributed by atoms with E-state index in [4.69, 9.17) is 5.84 Å². The number of pyridine rings is 1. The average Bonchev–Trinajstić information content (AvgIpc) is 3.30. The molecule has 1 aromatic carbocycles. The molecule has 4 rings (SSSR count). The van der Waals surface area contributed by atoms with Crippen molar-refractivity contribution in [2.24, 2.45) is 5.84 Å². The number of carbonyl (C=O) groups is 1. The lowest BCUT2D eigenvalue weighted by atomic mass is 10.0. The molecule has 0 fully saturated rings. The van der Waals surface area contributed by atoms with E-state index in [2.05, 4.69) is 20.1 Å². The van der Waals surface area contributed by atoms with Crippen LogP contribution in [0.4, 0.5) is 0 Å². The Morgan fingerprint density at radius 3 is 2.48 bits per heavy atom. The van der Waals surface area contributed by atoms with Gasteiger partial charge in [0.15, 0.2) is 0 Å². The fourth-order valence-corrected chi connectivity index (χ4v) is 2.95. The molecule has 3 heterocycles. The van der Waals surface area contributed by atoms with Crippen molar-refractivity contribution in [1.82, 2.24) is 29.7 Å². The highest BCUT2D eigenvalue weighted by molar-refractivity contribution is 5.93. The summed E-state index contributed by atoms with van der Waals surface area (Å²) < 4.78 is 1.39. The van der Waals surface area contributed by atoms with Crippen molar-refractivity contribution < 1.29 is 4.79 Å². The van der Waals surface area contributed by atoms with Crippen LogP contribution in [0.15, 0.2) is 84.2 Å². The van der Waals surface area contributed by atoms with Gasteiger partial charge in [-0.2, -0.15) is 5.10 Å². The first-order chi connectivity index (χ1) is 14.1. The van der Waals surface area contributed by atoms with Crippen LogP contribution in [0.1, 0.15) is 27.7 Å². The molecular formula is C20H17N7O2. The van der Waals surface area contributed by atoms with Gasteiger partial charge < -0.3 is 0 Å². The number of H-pyrrole nitrogens is 1. The number of nitrogens with zero attached hydrogens (tertiary/aromatic N) is 5. The number of hydrogen-bond donors (Lipinski definition) is 2. The molecule has 0 aliphatic carbocycles. The summed E-state index contributed by atoms with van der Waals surface area (Å²) in [4.78, 5) is 36.6. The zero-order chi connectivity index (χ0) is 20.2. The van der Waals surface area contributed by atoms with Gasteiger partial charge in [0.05, 0.1) is 5.69 Å². The molecule has 0 bridgehead atoms. The van der Waals surface area contributed by atoms with Gasteiger partial charge in [0, 0.05) is 24.8 Å². The quantitative estimate of drug-likeness (QED) is 0.304. The highest BCUT2D eigenvalue weighted by Gasteiger charge is 2.28. The Kier molecular flexibility index (Phi) is 4.95. The van der Waals surface area contributed by atoms with Gasteiger partial charge in [-0.15, -0.1) is 0 Å². The minimum atomic E-state index is -0.676. The molecule has 144 valence electrons. The number of hydrogen-bond acceptors (Lipinski definition) is 6. The molecule has 0 saturated carbocycles. The van der Waals surface area contributed by atoms with Crippen molar-refractivity contribution in [3.8, 4) is 5.95 Å². The maximum Gasteiger partial charge on any atom is 0.275 e. The van der Waals surface area contributed by atoms with Crippen molar-refractivity contribution in [2.45, 2.75) is 6.04 Å². The van der Waals surface area contributed by atoms with Gasteiger partial charge in [-0.25, -0.2) is 15.5 Å². The molecule has 0 aliphatic rings. The number of nitrogens with two attached hydrogens (primary N) is 1. The number of aromatic amines is 1. The lowest BCUT2D eigenvalue weighted by Gasteiger charge is -2.27. The van der Waals surface area contributed by atoms with Gasteiger partial charge in [0.1, 0.15) is 11.6 Å².